The number of nitrogens with two attached hydrogens (primary N) is 1. The minimum absolute atomic E-state index is 0.0177. The second-order valence-electron chi connectivity index (χ2n) is 5.79. The van der Waals surface area contributed by atoms with E-state index in [2.05, 4.69) is 25.7 Å². The number of ether oxygens (including phenoxy) is 1. The van der Waals surface area contributed by atoms with Crippen LogP contribution in [0.3, 0.4) is 0 Å². The number of hydrogen-bond acceptors (Lipinski definition) is 3. The van der Waals surface area contributed by atoms with Crippen LogP contribution in [0, 0.1) is 5.41 Å². The Morgan fingerprint density at radius 1 is 1.38 bits per heavy atom. The van der Waals surface area contributed by atoms with E-state index in [0.29, 0.717) is 12.0 Å². The van der Waals surface area contributed by atoms with E-state index in [-0.39, 0.29) is 5.54 Å². The van der Waals surface area contributed by atoms with Gasteiger partial charge in [0.05, 0.1) is 12.1 Å². The predicted octanol–water partition coefficient (Wildman–Crippen LogP) is 1.86. The molecule has 1 fully saturated rings. The summed E-state index contributed by atoms with van der Waals surface area (Å²) < 4.78 is 5.31. The topological polar surface area (TPSA) is 38.5 Å². The lowest BCUT2D eigenvalue weighted by Crippen LogP contribution is -2.58. The molecular weight excluding hydrogens is 200 g/mol. The van der Waals surface area contributed by atoms with Crippen LogP contribution in [-0.4, -0.2) is 43.8 Å². The van der Waals surface area contributed by atoms with E-state index >= 15 is 0 Å². The summed E-state index contributed by atoms with van der Waals surface area (Å²) in [6, 6.07) is 0. The number of hydrogen-bond donors (Lipinski definition) is 1. The standard InChI is InChI=1S/C13H28N2O/c1-5-12(2)6-8-15(9-7-12)13(3,10-14)11-16-4/h5-11,14H2,1-4H3. The smallest absolute Gasteiger partial charge is 0.0656 e. The van der Waals surface area contributed by atoms with Crippen LogP contribution in [0.4, 0.5) is 0 Å². The summed E-state index contributed by atoms with van der Waals surface area (Å²) in [5.74, 6) is 0. The van der Waals surface area contributed by atoms with Gasteiger partial charge in [0.2, 0.25) is 0 Å². The van der Waals surface area contributed by atoms with Crippen molar-refractivity contribution in [2.75, 3.05) is 33.4 Å². The fraction of sp³-hybridized carbons (Fsp3) is 1.00. The van der Waals surface area contributed by atoms with E-state index in [4.69, 9.17) is 10.5 Å². The molecular formula is C13H28N2O. The summed E-state index contributed by atoms with van der Waals surface area (Å²) >= 11 is 0. The van der Waals surface area contributed by atoms with Crippen molar-refractivity contribution in [3.8, 4) is 0 Å². The summed E-state index contributed by atoms with van der Waals surface area (Å²) in [5, 5.41) is 0. The van der Waals surface area contributed by atoms with E-state index in [1.807, 2.05) is 0 Å². The Labute approximate surface area is 100 Å². The van der Waals surface area contributed by atoms with Crippen LogP contribution in [0.25, 0.3) is 0 Å². The molecule has 0 saturated carbocycles. The Balaban J connectivity index is 2.57. The first-order valence-electron chi connectivity index (χ1n) is 6.44. The van der Waals surface area contributed by atoms with Crippen molar-refractivity contribution in [3.63, 3.8) is 0 Å². The zero-order valence-electron chi connectivity index (χ0n) is 11.4. The highest BCUT2D eigenvalue weighted by Gasteiger charge is 2.36. The van der Waals surface area contributed by atoms with Gasteiger partial charge >= 0.3 is 0 Å². The highest BCUT2D eigenvalue weighted by Crippen LogP contribution is 2.36. The first kappa shape index (κ1) is 13.9. The second kappa shape index (κ2) is 5.48. The molecule has 0 aliphatic carbocycles. The molecule has 1 aliphatic heterocycles. The molecule has 0 aromatic rings. The molecule has 1 atom stereocenters. The molecule has 16 heavy (non-hydrogen) atoms. The van der Waals surface area contributed by atoms with Gasteiger partial charge in [-0.05, 0) is 38.3 Å². The summed E-state index contributed by atoms with van der Waals surface area (Å²) in [5.41, 5.74) is 6.46. The third kappa shape index (κ3) is 2.96. The van der Waals surface area contributed by atoms with Crippen molar-refractivity contribution in [3.05, 3.63) is 0 Å². The monoisotopic (exact) mass is 228 g/mol. The molecule has 0 spiro atoms. The highest BCUT2D eigenvalue weighted by molar-refractivity contribution is 4.92. The maximum atomic E-state index is 5.90. The lowest BCUT2D eigenvalue weighted by Gasteiger charge is -2.47. The van der Waals surface area contributed by atoms with Crippen molar-refractivity contribution < 1.29 is 4.74 Å². The fourth-order valence-electron chi connectivity index (χ4n) is 2.53. The molecule has 3 heteroatoms. The Hall–Kier alpha value is -0.120. The van der Waals surface area contributed by atoms with Crippen LogP contribution in [-0.2, 0) is 4.74 Å². The molecule has 1 heterocycles. The quantitative estimate of drug-likeness (QED) is 0.780. The molecule has 0 aromatic carbocycles. The molecule has 0 bridgehead atoms. The van der Waals surface area contributed by atoms with E-state index < -0.39 is 0 Å². The van der Waals surface area contributed by atoms with E-state index in [1.54, 1.807) is 7.11 Å². The molecule has 1 aliphatic rings. The van der Waals surface area contributed by atoms with Gasteiger partial charge in [-0.25, -0.2) is 0 Å². The van der Waals surface area contributed by atoms with E-state index in [0.717, 1.165) is 19.7 Å². The number of likely N-dealkylation sites (tertiary alicyclic amines) is 1. The van der Waals surface area contributed by atoms with Gasteiger partial charge in [0, 0.05) is 13.7 Å². The fourth-order valence-corrected chi connectivity index (χ4v) is 2.53. The molecule has 1 rings (SSSR count). The third-order valence-corrected chi connectivity index (χ3v) is 4.48. The van der Waals surface area contributed by atoms with Crippen molar-refractivity contribution in [2.24, 2.45) is 11.1 Å². The molecule has 1 saturated heterocycles. The van der Waals surface area contributed by atoms with Crippen molar-refractivity contribution in [2.45, 2.75) is 45.6 Å². The largest absolute Gasteiger partial charge is 0.383 e. The predicted molar refractivity (Wildman–Crippen MR) is 68.5 cm³/mol. The molecule has 3 nitrogen and oxygen atoms in total. The van der Waals surface area contributed by atoms with Crippen molar-refractivity contribution in [1.29, 1.82) is 0 Å². The van der Waals surface area contributed by atoms with Gasteiger partial charge in [-0.15, -0.1) is 0 Å². The average Bonchev–Trinajstić information content (AvgIpc) is 2.30. The molecule has 2 N–H and O–H groups in total. The number of nitrogens with zero attached hydrogens (tertiary/aromatic N) is 1. The SMILES string of the molecule is CCC1(C)CCN(C(C)(CN)COC)CC1. The van der Waals surface area contributed by atoms with Gasteiger partial charge in [-0.1, -0.05) is 20.3 Å². The minimum Gasteiger partial charge on any atom is -0.383 e. The number of methoxy groups -OCH3 is 1. The highest BCUT2D eigenvalue weighted by atomic mass is 16.5. The third-order valence-electron chi connectivity index (χ3n) is 4.48. The molecule has 0 amide bonds. The van der Waals surface area contributed by atoms with Gasteiger partial charge < -0.3 is 10.5 Å². The Kier molecular flexibility index (Phi) is 4.77. The molecule has 0 radical (unpaired) electrons. The van der Waals surface area contributed by atoms with Gasteiger partial charge in [-0.3, -0.25) is 4.90 Å². The van der Waals surface area contributed by atoms with Gasteiger partial charge in [0.1, 0.15) is 0 Å². The van der Waals surface area contributed by atoms with Crippen LogP contribution in [0.5, 0.6) is 0 Å². The van der Waals surface area contributed by atoms with E-state index in [1.165, 1.54) is 19.3 Å². The number of piperidine rings is 1. The van der Waals surface area contributed by atoms with Gasteiger partial charge in [0.25, 0.3) is 0 Å². The number of rotatable bonds is 5. The Morgan fingerprint density at radius 2 is 1.94 bits per heavy atom. The first-order chi connectivity index (χ1) is 7.49. The maximum Gasteiger partial charge on any atom is 0.0656 e. The van der Waals surface area contributed by atoms with Crippen LogP contribution in [0.1, 0.15) is 40.0 Å². The summed E-state index contributed by atoms with van der Waals surface area (Å²) in [7, 11) is 1.76. The molecule has 0 aromatic heterocycles. The van der Waals surface area contributed by atoms with Crippen molar-refractivity contribution in [1.82, 2.24) is 4.90 Å². The first-order valence-corrected chi connectivity index (χ1v) is 6.44. The van der Waals surface area contributed by atoms with Gasteiger partial charge in [-0.2, -0.15) is 0 Å². The maximum absolute atomic E-state index is 5.90. The molecule has 96 valence electrons. The van der Waals surface area contributed by atoms with E-state index in [9.17, 15) is 0 Å². The lowest BCUT2D eigenvalue weighted by atomic mass is 9.77. The van der Waals surface area contributed by atoms with Gasteiger partial charge in [0.15, 0.2) is 0 Å². The van der Waals surface area contributed by atoms with Crippen LogP contribution >= 0.6 is 0 Å². The summed E-state index contributed by atoms with van der Waals surface area (Å²) in [6.45, 7) is 10.6. The minimum atomic E-state index is 0.0177. The summed E-state index contributed by atoms with van der Waals surface area (Å²) in [4.78, 5) is 2.51. The lowest BCUT2D eigenvalue weighted by molar-refractivity contribution is -0.0105. The molecule has 1 unspecified atom stereocenters. The zero-order valence-corrected chi connectivity index (χ0v) is 11.4. The van der Waals surface area contributed by atoms with Crippen molar-refractivity contribution >= 4 is 0 Å². The average molecular weight is 228 g/mol. The Morgan fingerprint density at radius 3 is 2.31 bits per heavy atom. The summed E-state index contributed by atoms with van der Waals surface area (Å²) in [6.07, 6.45) is 3.84. The normalized spacial score (nSPS) is 25.3. The Bertz CT molecular complexity index is 212. The second-order valence-corrected chi connectivity index (χ2v) is 5.79. The van der Waals surface area contributed by atoms with Crippen LogP contribution < -0.4 is 5.73 Å². The van der Waals surface area contributed by atoms with Crippen LogP contribution in [0.15, 0.2) is 0 Å². The van der Waals surface area contributed by atoms with Crippen LogP contribution in [0.2, 0.25) is 0 Å². The zero-order chi connectivity index (χ0) is 12.2.